The first-order valence-electron chi connectivity index (χ1n) is 7.26. The molecule has 114 valence electrons. The largest absolute Gasteiger partial charge is 0.324 e. The van der Waals surface area contributed by atoms with E-state index >= 15 is 0 Å². The van der Waals surface area contributed by atoms with Gasteiger partial charge in [-0.3, -0.25) is 9.59 Å². The summed E-state index contributed by atoms with van der Waals surface area (Å²) in [6.07, 6.45) is 0. The van der Waals surface area contributed by atoms with Gasteiger partial charge in [-0.25, -0.2) is 0 Å². The van der Waals surface area contributed by atoms with Gasteiger partial charge in [0.05, 0.1) is 12.2 Å². The van der Waals surface area contributed by atoms with E-state index < -0.39 is 0 Å². The Hall–Kier alpha value is -2.46. The molecule has 2 N–H and O–H groups in total. The van der Waals surface area contributed by atoms with Crippen LogP contribution in [0.4, 0.5) is 5.69 Å². The van der Waals surface area contributed by atoms with Crippen LogP contribution in [-0.4, -0.2) is 18.2 Å². The van der Waals surface area contributed by atoms with Gasteiger partial charge in [0.2, 0.25) is 5.91 Å². The monoisotopic (exact) mass is 296 g/mol. The maximum atomic E-state index is 12.0. The lowest BCUT2D eigenvalue weighted by Gasteiger charge is -2.14. The highest BCUT2D eigenvalue weighted by molar-refractivity contribution is 6.04. The quantitative estimate of drug-likeness (QED) is 0.805. The van der Waals surface area contributed by atoms with E-state index in [9.17, 15) is 9.59 Å². The van der Waals surface area contributed by atoms with Crippen LogP contribution in [0.1, 0.15) is 35.8 Å². The van der Waals surface area contributed by atoms with Crippen molar-refractivity contribution in [1.29, 1.82) is 0 Å². The molecule has 4 heteroatoms. The number of carbonyl (C=O) groups excluding carboxylic acids is 2. The number of para-hydroxylation sites is 1. The number of amides is 1. The van der Waals surface area contributed by atoms with Crippen LogP contribution >= 0.6 is 0 Å². The fourth-order valence-corrected chi connectivity index (χ4v) is 2.20. The van der Waals surface area contributed by atoms with Gasteiger partial charge >= 0.3 is 0 Å². The third-order valence-corrected chi connectivity index (χ3v) is 3.45. The number of benzene rings is 2. The fourth-order valence-electron chi connectivity index (χ4n) is 2.20. The summed E-state index contributed by atoms with van der Waals surface area (Å²) in [4.78, 5) is 23.6. The van der Waals surface area contributed by atoms with E-state index in [1.807, 2.05) is 37.3 Å². The van der Waals surface area contributed by atoms with Crippen LogP contribution in [0.15, 0.2) is 54.6 Å². The molecule has 2 aromatic carbocycles. The van der Waals surface area contributed by atoms with Crippen LogP contribution in [-0.2, 0) is 4.79 Å². The molecule has 0 saturated heterocycles. The van der Waals surface area contributed by atoms with Crippen molar-refractivity contribution >= 4 is 17.4 Å². The lowest BCUT2D eigenvalue weighted by molar-refractivity contribution is -0.115. The van der Waals surface area contributed by atoms with Crippen molar-refractivity contribution in [3.63, 3.8) is 0 Å². The second-order valence-corrected chi connectivity index (χ2v) is 5.16. The summed E-state index contributed by atoms with van der Waals surface area (Å²) in [5.74, 6) is -0.238. The summed E-state index contributed by atoms with van der Waals surface area (Å²) in [5.41, 5.74) is 2.19. The molecule has 2 aromatic rings. The molecule has 0 bridgehead atoms. The Morgan fingerprint density at radius 3 is 2.32 bits per heavy atom. The first-order chi connectivity index (χ1) is 10.6. The normalized spacial score (nSPS) is 11.7. The van der Waals surface area contributed by atoms with Crippen molar-refractivity contribution in [1.82, 2.24) is 5.32 Å². The molecule has 0 saturated carbocycles. The minimum Gasteiger partial charge on any atom is -0.324 e. The maximum Gasteiger partial charge on any atom is 0.238 e. The number of anilines is 1. The first-order valence-corrected chi connectivity index (χ1v) is 7.26. The number of nitrogens with one attached hydrogen (secondary N) is 2. The first kappa shape index (κ1) is 15.9. The van der Waals surface area contributed by atoms with Crippen molar-refractivity contribution < 1.29 is 9.59 Å². The zero-order valence-electron chi connectivity index (χ0n) is 12.8. The standard InChI is InChI=1S/C18H20N2O2/c1-13(15-8-4-3-5-9-15)19-12-18(22)20-17-11-7-6-10-16(17)14(2)21/h3-11,13,19H,12H2,1-2H3,(H,20,22)/t13-/m0/s1. The predicted octanol–water partition coefficient (Wildman–Crippen LogP) is 3.18. The van der Waals surface area contributed by atoms with Crippen LogP contribution in [0.2, 0.25) is 0 Å². The van der Waals surface area contributed by atoms with Crippen LogP contribution in [0.3, 0.4) is 0 Å². The van der Waals surface area contributed by atoms with Gasteiger partial charge in [-0.2, -0.15) is 0 Å². The highest BCUT2D eigenvalue weighted by Crippen LogP contribution is 2.15. The molecular formula is C18H20N2O2. The van der Waals surface area contributed by atoms with Crippen LogP contribution in [0.5, 0.6) is 0 Å². The van der Waals surface area contributed by atoms with Gasteiger partial charge in [0.15, 0.2) is 5.78 Å². The molecule has 0 aromatic heterocycles. The van der Waals surface area contributed by atoms with E-state index in [2.05, 4.69) is 10.6 Å². The molecule has 22 heavy (non-hydrogen) atoms. The highest BCUT2D eigenvalue weighted by Gasteiger charge is 2.11. The predicted molar refractivity (Wildman–Crippen MR) is 87.9 cm³/mol. The minimum atomic E-state index is -0.170. The molecule has 4 nitrogen and oxygen atoms in total. The Morgan fingerprint density at radius 2 is 1.64 bits per heavy atom. The van der Waals surface area contributed by atoms with E-state index in [0.29, 0.717) is 11.3 Å². The summed E-state index contributed by atoms with van der Waals surface area (Å²) in [6.45, 7) is 3.68. The average Bonchev–Trinajstić information content (AvgIpc) is 2.53. The van der Waals surface area contributed by atoms with Gasteiger partial charge in [0.1, 0.15) is 0 Å². The molecule has 0 aliphatic rings. The van der Waals surface area contributed by atoms with E-state index in [-0.39, 0.29) is 24.3 Å². The zero-order chi connectivity index (χ0) is 15.9. The molecular weight excluding hydrogens is 276 g/mol. The number of ketones is 1. The molecule has 0 heterocycles. The molecule has 0 aliphatic carbocycles. The smallest absolute Gasteiger partial charge is 0.238 e. The van der Waals surface area contributed by atoms with E-state index in [0.717, 1.165) is 5.56 Å². The molecule has 0 unspecified atom stereocenters. The van der Waals surface area contributed by atoms with Crippen molar-refractivity contribution in [2.45, 2.75) is 19.9 Å². The van der Waals surface area contributed by atoms with Crippen LogP contribution in [0.25, 0.3) is 0 Å². The molecule has 2 rings (SSSR count). The molecule has 1 atom stereocenters. The second-order valence-electron chi connectivity index (χ2n) is 5.16. The lowest BCUT2D eigenvalue weighted by atomic mass is 10.1. The van der Waals surface area contributed by atoms with Gasteiger partial charge in [-0.15, -0.1) is 0 Å². The zero-order valence-corrected chi connectivity index (χ0v) is 12.8. The Morgan fingerprint density at radius 1 is 1.00 bits per heavy atom. The average molecular weight is 296 g/mol. The van der Waals surface area contributed by atoms with Crippen molar-refractivity contribution in [3.8, 4) is 0 Å². The van der Waals surface area contributed by atoms with Crippen molar-refractivity contribution in [2.75, 3.05) is 11.9 Å². The summed E-state index contributed by atoms with van der Waals surface area (Å²) in [7, 11) is 0. The maximum absolute atomic E-state index is 12.0. The van der Waals surface area contributed by atoms with Gasteiger partial charge in [0, 0.05) is 11.6 Å². The van der Waals surface area contributed by atoms with Crippen molar-refractivity contribution in [3.05, 3.63) is 65.7 Å². The number of hydrogen-bond donors (Lipinski definition) is 2. The van der Waals surface area contributed by atoms with Gasteiger partial charge < -0.3 is 10.6 Å². The van der Waals surface area contributed by atoms with Gasteiger partial charge in [-0.05, 0) is 31.5 Å². The topological polar surface area (TPSA) is 58.2 Å². The molecule has 1 amide bonds. The SMILES string of the molecule is CC(=O)c1ccccc1NC(=O)CN[C@@H](C)c1ccccc1. The Kier molecular flexibility index (Phi) is 5.44. The minimum absolute atomic E-state index is 0.0680. The third-order valence-electron chi connectivity index (χ3n) is 3.45. The number of hydrogen-bond acceptors (Lipinski definition) is 3. The summed E-state index contributed by atoms with van der Waals surface area (Å²) in [6, 6.07) is 17.0. The Balaban J connectivity index is 1.93. The second kappa shape index (κ2) is 7.52. The van der Waals surface area contributed by atoms with Crippen LogP contribution in [0, 0.1) is 0 Å². The van der Waals surface area contributed by atoms with Gasteiger partial charge in [-0.1, -0.05) is 42.5 Å². The highest BCUT2D eigenvalue weighted by atomic mass is 16.2. The lowest BCUT2D eigenvalue weighted by Crippen LogP contribution is -2.30. The molecule has 0 spiro atoms. The van der Waals surface area contributed by atoms with E-state index in [1.165, 1.54) is 6.92 Å². The van der Waals surface area contributed by atoms with E-state index in [4.69, 9.17) is 0 Å². The van der Waals surface area contributed by atoms with Gasteiger partial charge in [0.25, 0.3) is 0 Å². The Bertz CT molecular complexity index is 653. The summed E-state index contributed by atoms with van der Waals surface area (Å²) in [5, 5.41) is 5.95. The number of Topliss-reactive ketones (excluding diaryl/α,β-unsaturated/α-hetero) is 1. The number of rotatable bonds is 6. The fraction of sp³-hybridized carbons (Fsp3) is 0.222. The van der Waals surface area contributed by atoms with E-state index in [1.54, 1.807) is 24.3 Å². The molecule has 0 radical (unpaired) electrons. The summed E-state index contributed by atoms with van der Waals surface area (Å²) < 4.78 is 0. The third kappa shape index (κ3) is 4.27. The molecule has 0 fully saturated rings. The Labute approximate surface area is 130 Å². The number of carbonyl (C=O) groups is 2. The summed E-state index contributed by atoms with van der Waals surface area (Å²) >= 11 is 0. The van der Waals surface area contributed by atoms with Crippen molar-refractivity contribution in [2.24, 2.45) is 0 Å². The molecule has 0 aliphatic heterocycles. The van der Waals surface area contributed by atoms with Crippen LogP contribution < -0.4 is 10.6 Å².